The Morgan fingerprint density at radius 2 is 2.10 bits per heavy atom. The Morgan fingerprint density at radius 3 is 2.85 bits per heavy atom. The third-order valence-electron chi connectivity index (χ3n) is 3.68. The molecule has 2 heterocycles. The molecule has 1 aromatic carbocycles. The average molecular weight is 328 g/mol. The van der Waals surface area contributed by atoms with E-state index in [1.165, 1.54) is 11.5 Å². The fourth-order valence-electron chi connectivity index (χ4n) is 2.67. The summed E-state index contributed by atoms with van der Waals surface area (Å²) in [6, 6.07) is 8.14. The van der Waals surface area contributed by atoms with Gasteiger partial charge in [0.25, 0.3) is 0 Å². The van der Waals surface area contributed by atoms with Gasteiger partial charge in [-0.15, -0.1) is 0 Å². The summed E-state index contributed by atoms with van der Waals surface area (Å²) in [7, 11) is 2.01. The van der Waals surface area contributed by atoms with Gasteiger partial charge in [0, 0.05) is 32.4 Å². The lowest BCUT2D eigenvalue weighted by atomic mass is 10.1. The number of hydrogen-bond donors (Lipinski definition) is 1. The fourth-order valence-corrected chi connectivity index (χ4v) is 5.82. The van der Waals surface area contributed by atoms with Crippen molar-refractivity contribution < 1.29 is 4.42 Å². The molecule has 1 fully saturated rings. The Balaban J connectivity index is 1.94. The zero-order chi connectivity index (χ0) is 14.1. The van der Waals surface area contributed by atoms with Crippen LogP contribution in [0, 0.1) is 0 Å². The second kappa shape index (κ2) is 6.22. The van der Waals surface area contributed by atoms with Crippen molar-refractivity contribution in [3.63, 3.8) is 0 Å². The van der Waals surface area contributed by atoms with Crippen LogP contribution in [0.2, 0.25) is 5.02 Å². The van der Waals surface area contributed by atoms with E-state index in [2.05, 4.69) is 30.1 Å². The van der Waals surface area contributed by atoms with E-state index in [-0.39, 0.29) is 6.04 Å². The molecular weight excluding hydrogens is 310 g/mol. The van der Waals surface area contributed by atoms with E-state index in [1.807, 2.05) is 37.0 Å². The minimum Gasteiger partial charge on any atom is -0.459 e. The Hall–Kier alpha value is -0.290. The topological polar surface area (TPSA) is 25.2 Å². The van der Waals surface area contributed by atoms with Gasteiger partial charge in [0.15, 0.2) is 0 Å². The first-order chi connectivity index (χ1) is 9.69. The molecule has 0 bridgehead atoms. The quantitative estimate of drug-likeness (QED) is 0.891. The summed E-state index contributed by atoms with van der Waals surface area (Å²) < 4.78 is 6.03. The number of hydrogen-bond acceptors (Lipinski definition) is 4. The Bertz CT molecular complexity index is 601. The first-order valence-electron chi connectivity index (χ1n) is 6.78. The van der Waals surface area contributed by atoms with Crippen molar-refractivity contribution in [3.8, 4) is 0 Å². The maximum absolute atomic E-state index is 6.05. The third kappa shape index (κ3) is 2.84. The molecule has 2 aromatic rings. The van der Waals surface area contributed by atoms with Crippen molar-refractivity contribution in [3.05, 3.63) is 35.0 Å². The van der Waals surface area contributed by atoms with Crippen molar-refractivity contribution in [2.24, 2.45) is 0 Å². The molecule has 0 spiro atoms. The molecule has 108 valence electrons. The van der Waals surface area contributed by atoms with E-state index < -0.39 is 0 Å². The fraction of sp³-hybridized carbons (Fsp3) is 0.467. The Kier molecular flexibility index (Phi) is 4.55. The van der Waals surface area contributed by atoms with E-state index in [4.69, 9.17) is 16.0 Å². The van der Waals surface area contributed by atoms with Gasteiger partial charge < -0.3 is 9.73 Å². The monoisotopic (exact) mass is 327 g/mol. The molecule has 0 saturated carbocycles. The standard InChI is InChI=1S/C15H18ClNOS2/c1-9-15(20-6-5-19-9)14(17-2)13-8-10-7-11(16)3-4-12(10)18-13/h3-4,7-9,14-15,17H,5-6H2,1-2H3. The zero-order valence-corrected chi connectivity index (χ0v) is 13.9. The largest absolute Gasteiger partial charge is 0.459 e. The van der Waals surface area contributed by atoms with Crippen LogP contribution in [0.15, 0.2) is 28.7 Å². The SMILES string of the molecule is CNC(c1cc2cc(Cl)ccc2o1)C1SCCSC1C. The van der Waals surface area contributed by atoms with Gasteiger partial charge in [-0.1, -0.05) is 18.5 Å². The number of furan rings is 1. The molecule has 0 radical (unpaired) electrons. The van der Waals surface area contributed by atoms with Crippen molar-refractivity contribution in [2.75, 3.05) is 18.6 Å². The second-order valence-corrected chi connectivity index (χ2v) is 8.22. The van der Waals surface area contributed by atoms with Gasteiger partial charge in [0.1, 0.15) is 11.3 Å². The molecule has 2 nitrogen and oxygen atoms in total. The number of thioether (sulfide) groups is 2. The highest BCUT2D eigenvalue weighted by atomic mass is 35.5. The van der Waals surface area contributed by atoms with Gasteiger partial charge in [-0.2, -0.15) is 23.5 Å². The van der Waals surface area contributed by atoms with Gasteiger partial charge in [-0.3, -0.25) is 0 Å². The molecule has 1 N–H and O–H groups in total. The van der Waals surface area contributed by atoms with Crippen LogP contribution in [0.3, 0.4) is 0 Å². The van der Waals surface area contributed by atoms with Crippen LogP contribution >= 0.6 is 35.1 Å². The molecule has 0 aliphatic carbocycles. The predicted molar refractivity (Wildman–Crippen MR) is 91.2 cm³/mol. The van der Waals surface area contributed by atoms with Crippen molar-refractivity contribution in [2.45, 2.75) is 23.5 Å². The summed E-state index contributed by atoms with van der Waals surface area (Å²) in [6.45, 7) is 2.31. The summed E-state index contributed by atoms with van der Waals surface area (Å²) in [5.74, 6) is 3.47. The first-order valence-corrected chi connectivity index (χ1v) is 9.26. The van der Waals surface area contributed by atoms with Crippen LogP contribution in [-0.4, -0.2) is 29.1 Å². The third-order valence-corrected chi connectivity index (χ3v) is 7.11. The van der Waals surface area contributed by atoms with Gasteiger partial charge in [-0.25, -0.2) is 0 Å². The number of nitrogens with one attached hydrogen (secondary N) is 1. The van der Waals surface area contributed by atoms with Crippen LogP contribution in [0.5, 0.6) is 0 Å². The van der Waals surface area contributed by atoms with E-state index in [1.54, 1.807) is 0 Å². The lowest BCUT2D eigenvalue weighted by Gasteiger charge is -2.33. The van der Waals surface area contributed by atoms with E-state index in [9.17, 15) is 0 Å². The molecule has 1 saturated heterocycles. The number of rotatable bonds is 3. The van der Waals surface area contributed by atoms with Gasteiger partial charge in [0.05, 0.1) is 6.04 Å². The van der Waals surface area contributed by atoms with Crippen LogP contribution in [0.25, 0.3) is 11.0 Å². The zero-order valence-electron chi connectivity index (χ0n) is 11.6. The van der Waals surface area contributed by atoms with Crippen LogP contribution < -0.4 is 5.32 Å². The normalized spacial score (nSPS) is 24.9. The average Bonchev–Trinajstić information content (AvgIpc) is 2.84. The summed E-state index contributed by atoms with van der Waals surface area (Å²) >= 11 is 10.1. The maximum atomic E-state index is 6.05. The Labute approximate surface area is 133 Å². The minimum absolute atomic E-state index is 0.244. The molecule has 20 heavy (non-hydrogen) atoms. The van der Waals surface area contributed by atoms with E-state index in [0.29, 0.717) is 10.5 Å². The highest BCUT2D eigenvalue weighted by Crippen LogP contribution is 2.39. The minimum atomic E-state index is 0.244. The Morgan fingerprint density at radius 1 is 1.30 bits per heavy atom. The molecular formula is C15H18ClNOS2. The summed E-state index contributed by atoms with van der Waals surface area (Å²) in [5.41, 5.74) is 0.908. The maximum Gasteiger partial charge on any atom is 0.134 e. The number of fused-ring (bicyclic) bond motifs is 1. The highest BCUT2D eigenvalue weighted by Gasteiger charge is 2.32. The summed E-state index contributed by atoms with van der Waals surface area (Å²) in [4.78, 5) is 0. The molecule has 1 aromatic heterocycles. The molecule has 3 atom stereocenters. The summed E-state index contributed by atoms with van der Waals surface area (Å²) in [6.07, 6.45) is 0. The second-order valence-electron chi connectivity index (χ2n) is 5.01. The molecule has 5 heteroatoms. The van der Waals surface area contributed by atoms with Crippen LogP contribution in [0.1, 0.15) is 18.7 Å². The lowest BCUT2D eigenvalue weighted by molar-refractivity contribution is 0.440. The van der Waals surface area contributed by atoms with E-state index in [0.717, 1.165) is 21.8 Å². The van der Waals surface area contributed by atoms with Crippen molar-refractivity contribution in [1.82, 2.24) is 5.32 Å². The van der Waals surface area contributed by atoms with Crippen molar-refractivity contribution >= 4 is 46.1 Å². The smallest absolute Gasteiger partial charge is 0.134 e. The number of benzene rings is 1. The van der Waals surface area contributed by atoms with Gasteiger partial charge in [0.2, 0.25) is 0 Å². The van der Waals surface area contributed by atoms with Gasteiger partial charge in [-0.05, 0) is 31.3 Å². The highest BCUT2D eigenvalue weighted by molar-refractivity contribution is 8.07. The molecule has 3 rings (SSSR count). The van der Waals surface area contributed by atoms with Crippen LogP contribution in [-0.2, 0) is 0 Å². The first kappa shape index (κ1) is 14.6. The molecule has 3 unspecified atom stereocenters. The molecule has 1 aliphatic heterocycles. The molecule has 0 amide bonds. The number of halogens is 1. The lowest BCUT2D eigenvalue weighted by Crippen LogP contribution is -2.35. The van der Waals surface area contributed by atoms with E-state index >= 15 is 0 Å². The van der Waals surface area contributed by atoms with Crippen LogP contribution in [0.4, 0.5) is 0 Å². The molecule has 1 aliphatic rings. The van der Waals surface area contributed by atoms with Gasteiger partial charge >= 0.3 is 0 Å². The predicted octanol–water partition coefficient (Wildman–Crippen LogP) is 4.58. The summed E-state index contributed by atoms with van der Waals surface area (Å²) in [5, 5.41) is 6.43. The van der Waals surface area contributed by atoms with Crippen molar-refractivity contribution in [1.29, 1.82) is 0 Å².